The molecule has 3 heteroatoms. The average Bonchev–Trinajstić information content (AvgIpc) is 3.10. The van der Waals surface area contributed by atoms with Gasteiger partial charge in [-0.2, -0.15) is 0 Å². The molecule has 0 bridgehead atoms. The van der Waals surface area contributed by atoms with E-state index in [0.29, 0.717) is 17.9 Å². The van der Waals surface area contributed by atoms with Gasteiger partial charge in [0.2, 0.25) is 0 Å². The fourth-order valence-corrected chi connectivity index (χ4v) is 2.92. The molecule has 2 fully saturated rings. The van der Waals surface area contributed by atoms with Crippen LogP contribution in [0.4, 0.5) is 4.79 Å². The van der Waals surface area contributed by atoms with E-state index in [4.69, 9.17) is 0 Å². The van der Waals surface area contributed by atoms with E-state index >= 15 is 0 Å². The lowest BCUT2D eigenvalue weighted by Crippen LogP contribution is -2.48. The highest BCUT2D eigenvalue weighted by atomic mass is 16.2. The largest absolute Gasteiger partial charge is 0.338 e. The van der Waals surface area contributed by atoms with Crippen molar-refractivity contribution in [3.63, 3.8) is 0 Å². The van der Waals surface area contributed by atoms with Gasteiger partial charge in [0, 0.05) is 12.6 Å². The van der Waals surface area contributed by atoms with E-state index in [-0.39, 0.29) is 6.03 Å². The molecule has 2 rings (SSSR count). The number of carbonyl (C=O) groups excluding carboxylic acids is 1. The van der Waals surface area contributed by atoms with Crippen LogP contribution in [-0.4, -0.2) is 18.6 Å². The Morgan fingerprint density at radius 3 is 2.53 bits per heavy atom. The maximum Gasteiger partial charge on any atom is 0.315 e. The van der Waals surface area contributed by atoms with Crippen molar-refractivity contribution in [2.24, 2.45) is 17.8 Å². The van der Waals surface area contributed by atoms with Crippen molar-refractivity contribution in [1.29, 1.82) is 0 Å². The molecule has 0 unspecified atom stereocenters. The van der Waals surface area contributed by atoms with Crippen LogP contribution >= 0.6 is 0 Å². The SMILES string of the molecule is CC(C)[C@@H]1CCCC[C@H]1NC(=O)NCC1CC1. The highest BCUT2D eigenvalue weighted by Gasteiger charge is 2.29. The lowest BCUT2D eigenvalue weighted by molar-refractivity contribution is 0.194. The second kappa shape index (κ2) is 5.74. The first kappa shape index (κ1) is 12.7. The molecule has 98 valence electrons. The van der Waals surface area contributed by atoms with Crippen LogP contribution in [0.25, 0.3) is 0 Å². The molecule has 2 aliphatic rings. The van der Waals surface area contributed by atoms with Gasteiger partial charge < -0.3 is 10.6 Å². The maximum absolute atomic E-state index is 11.8. The molecular formula is C14H26N2O. The Bertz CT molecular complexity index is 261. The summed E-state index contributed by atoms with van der Waals surface area (Å²) in [6.07, 6.45) is 7.59. The third kappa shape index (κ3) is 3.90. The minimum Gasteiger partial charge on any atom is -0.338 e. The first-order valence-corrected chi connectivity index (χ1v) is 7.21. The van der Waals surface area contributed by atoms with E-state index in [1.165, 1.54) is 32.1 Å². The summed E-state index contributed by atoms with van der Waals surface area (Å²) in [7, 11) is 0. The zero-order valence-electron chi connectivity index (χ0n) is 11.2. The van der Waals surface area contributed by atoms with Crippen LogP contribution in [0.5, 0.6) is 0 Å². The minimum absolute atomic E-state index is 0.0504. The smallest absolute Gasteiger partial charge is 0.315 e. The first-order chi connectivity index (χ1) is 8.16. The van der Waals surface area contributed by atoms with Gasteiger partial charge in [-0.1, -0.05) is 26.7 Å². The van der Waals surface area contributed by atoms with Crippen molar-refractivity contribution in [1.82, 2.24) is 10.6 Å². The predicted octanol–water partition coefficient (Wildman–Crippen LogP) is 2.91. The van der Waals surface area contributed by atoms with Gasteiger partial charge in [-0.3, -0.25) is 0 Å². The molecule has 0 aliphatic heterocycles. The van der Waals surface area contributed by atoms with Gasteiger partial charge >= 0.3 is 6.03 Å². The molecule has 2 N–H and O–H groups in total. The highest BCUT2D eigenvalue weighted by molar-refractivity contribution is 5.74. The molecule has 0 aromatic rings. The van der Waals surface area contributed by atoms with E-state index in [9.17, 15) is 4.79 Å². The molecule has 0 saturated heterocycles. The summed E-state index contributed by atoms with van der Waals surface area (Å²) in [5.74, 6) is 2.09. The monoisotopic (exact) mass is 238 g/mol. The van der Waals surface area contributed by atoms with Crippen LogP contribution in [-0.2, 0) is 0 Å². The predicted molar refractivity (Wildman–Crippen MR) is 69.8 cm³/mol. The van der Waals surface area contributed by atoms with E-state index < -0.39 is 0 Å². The number of urea groups is 1. The Morgan fingerprint density at radius 2 is 1.88 bits per heavy atom. The number of hydrogen-bond donors (Lipinski definition) is 2. The normalized spacial score (nSPS) is 29.1. The quantitative estimate of drug-likeness (QED) is 0.777. The summed E-state index contributed by atoms with van der Waals surface area (Å²) in [5.41, 5.74) is 0. The van der Waals surface area contributed by atoms with Crippen LogP contribution in [0.2, 0.25) is 0 Å². The van der Waals surface area contributed by atoms with Crippen LogP contribution in [0, 0.1) is 17.8 Å². The Labute approximate surface area is 105 Å². The van der Waals surface area contributed by atoms with Gasteiger partial charge in [-0.15, -0.1) is 0 Å². The highest BCUT2D eigenvalue weighted by Crippen LogP contribution is 2.30. The van der Waals surface area contributed by atoms with E-state index in [1.807, 2.05) is 0 Å². The molecule has 17 heavy (non-hydrogen) atoms. The summed E-state index contributed by atoms with van der Waals surface area (Å²) in [6.45, 7) is 5.41. The topological polar surface area (TPSA) is 41.1 Å². The van der Waals surface area contributed by atoms with Gasteiger partial charge in [0.05, 0.1) is 0 Å². The molecule has 0 heterocycles. The third-order valence-corrected chi connectivity index (χ3v) is 4.24. The summed E-state index contributed by atoms with van der Waals surface area (Å²) >= 11 is 0. The number of hydrogen-bond acceptors (Lipinski definition) is 1. The molecular weight excluding hydrogens is 212 g/mol. The summed E-state index contributed by atoms with van der Waals surface area (Å²) in [4.78, 5) is 11.8. The molecule has 2 atom stereocenters. The van der Waals surface area contributed by atoms with Crippen molar-refractivity contribution < 1.29 is 4.79 Å². The van der Waals surface area contributed by atoms with E-state index in [1.54, 1.807) is 0 Å². The van der Waals surface area contributed by atoms with Gasteiger partial charge in [0.15, 0.2) is 0 Å². The van der Waals surface area contributed by atoms with E-state index in [2.05, 4.69) is 24.5 Å². The number of amides is 2. The number of carbonyl (C=O) groups is 1. The van der Waals surface area contributed by atoms with Gasteiger partial charge in [-0.05, 0) is 43.4 Å². The number of nitrogens with one attached hydrogen (secondary N) is 2. The van der Waals surface area contributed by atoms with Crippen LogP contribution < -0.4 is 10.6 Å². The standard InChI is InChI=1S/C14H26N2O/c1-10(2)12-5-3-4-6-13(12)16-14(17)15-9-11-7-8-11/h10-13H,3-9H2,1-2H3,(H2,15,16,17)/t12-,13+/m0/s1. The van der Waals surface area contributed by atoms with Gasteiger partial charge in [-0.25, -0.2) is 4.79 Å². The molecule has 0 aromatic heterocycles. The van der Waals surface area contributed by atoms with Crippen molar-refractivity contribution in [2.45, 2.75) is 58.4 Å². The van der Waals surface area contributed by atoms with Gasteiger partial charge in [0.25, 0.3) is 0 Å². The summed E-state index contributed by atoms with van der Waals surface area (Å²) < 4.78 is 0. The summed E-state index contributed by atoms with van der Waals surface area (Å²) in [6, 6.07) is 0.442. The fraction of sp³-hybridized carbons (Fsp3) is 0.929. The molecule has 2 saturated carbocycles. The Morgan fingerprint density at radius 1 is 1.18 bits per heavy atom. The Kier molecular flexibility index (Phi) is 4.30. The molecule has 0 spiro atoms. The molecule has 2 amide bonds. The molecule has 0 radical (unpaired) electrons. The van der Waals surface area contributed by atoms with Gasteiger partial charge in [0.1, 0.15) is 0 Å². The van der Waals surface area contributed by atoms with Crippen molar-refractivity contribution >= 4 is 6.03 Å². The Balaban J connectivity index is 1.75. The zero-order chi connectivity index (χ0) is 12.3. The zero-order valence-corrected chi connectivity index (χ0v) is 11.2. The first-order valence-electron chi connectivity index (χ1n) is 7.21. The molecule has 2 aliphatic carbocycles. The fourth-order valence-electron chi connectivity index (χ4n) is 2.92. The van der Waals surface area contributed by atoms with E-state index in [0.717, 1.165) is 18.9 Å². The average molecular weight is 238 g/mol. The second-order valence-electron chi connectivity index (χ2n) is 6.10. The lowest BCUT2D eigenvalue weighted by atomic mass is 9.78. The second-order valence-corrected chi connectivity index (χ2v) is 6.10. The number of rotatable bonds is 4. The van der Waals surface area contributed by atoms with Crippen LogP contribution in [0.15, 0.2) is 0 Å². The summed E-state index contributed by atoms with van der Waals surface area (Å²) in [5, 5.41) is 6.18. The third-order valence-electron chi connectivity index (χ3n) is 4.24. The van der Waals surface area contributed by atoms with Crippen molar-refractivity contribution in [2.75, 3.05) is 6.54 Å². The molecule has 3 nitrogen and oxygen atoms in total. The Hall–Kier alpha value is -0.730. The van der Waals surface area contributed by atoms with Crippen molar-refractivity contribution in [3.05, 3.63) is 0 Å². The minimum atomic E-state index is 0.0504. The molecule has 0 aromatic carbocycles. The maximum atomic E-state index is 11.8. The van der Waals surface area contributed by atoms with Crippen LogP contribution in [0.1, 0.15) is 52.4 Å². The van der Waals surface area contributed by atoms with Crippen molar-refractivity contribution in [3.8, 4) is 0 Å². The van der Waals surface area contributed by atoms with Crippen LogP contribution in [0.3, 0.4) is 0 Å². The lowest BCUT2D eigenvalue weighted by Gasteiger charge is -2.34.